The summed E-state index contributed by atoms with van der Waals surface area (Å²) in [6, 6.07) is 8.71. The van der Waals surface area contributed by atoms with E-state index in [9.17, 15) is 4.79 Å². The summed E-state index contributed by atoms with van der Waals surface area (Å²) >= 11 is 0. The summed E-state index contributed by atoms with van der Waals surface area (Å²) in [5.41, 5.74) is 3.91. The highest BCUT2D eigenvalue weighted by Crippen LogP contribution is 2.34. The van der Waals surface area contributed by atoms with Crippen LogP contribution in [0.25, 0.3) is 0 Å². The number of fused-ring (bicyclic) bond motifs is 1. The summed E-state index contributed by atoms with van der Waals surface area (Å²) in [5.74, 6) is 0.465. The molecule has 0 spiro atoms. The predicted octanol–water partition coefficient (Wildman–Crippen LogP) is 2.99. The molecule has 1 aromatic heterocycles. The Hall–Kier alpha value is -2.30. The smallest absolute Gasteiger partial charge is 0.317 e. The SMILES string of the molecule is O=C(NC[C@H]1Cc2ccccc21)N1CCCC[C@H]1c1cn[nH]c1. The largest absolute Gasteiger partial charge is 0.337 e. The summed E-state index contributed by atoms with van der Waals surface area (Å²) in [5, 5.41) is 10.0. The zero-order valence-corrected chi connectivity index (χ0v) is 13.2. The van der Waals surface area contributed by atoms with Crippen molar-refractivity contribution >= 4 is 6.03 Å². The molecular weight excluding hydrogens is 288 g/mol. The number of rotatable bonds is 3. The fraction of sp³-hybridized carbons (Fsp3) is 0.444. The van der Waals surface area contributed by atoms with Crippen molar-refractivity contribution in [2.75, 3.05) is 13.1 Å². The molecule has 5 heteroatoms. The van der Waals surface area contributed by atoms with E-state index >= 15 is 0 Å². The maximum atomic E-state index is 12.6. The molecule has 0 bridgehead atoms. The molecule has 4 rings (SSSR count). The third-order valence-electron chi connectivity index (χ3n) is 5.13. The summed E-state index contributed by atoms with van der Waals surface area (Å²) in [6.45, 7) is 1.55. The first-order valence-electron chi connectivity index (χ1n) is 8.44. The standard InChI is InChI=1S/C18H22N4O/c23-18(19-10-14-9-13-5-1-2-6-16(13)14)22-8-4-3-7-17(22)15-11-20-21-12-15/h1-2,5-6,11-12,14,17H,3-4,7-10H2,(H,19,23)(H,20,21)/t14-,17+/m1/s1. The molecule has 1 saturated heterocycles. The fourth-order valence-corrected chi connectivity index (χ4v) is 3.82. The minimum atomic E-state index is 0.0558. The van der Waals surface area contributed by atoms with Gasteiger partial charge in [0.25, 0.3) is 0 Å². The van der Waals surface area contributed by atoms with E-state index in [1.807, 2.05) is 17.3 Å². The Morgan fingerprint density at radius 1 is 1.35 bits per heavy atom. The van der Waals surface area contributed by atoms with Crippen molar-refractivity contribution in [3.63, 3.8) is 0 Å². The van der Waals surface area contributed by atoms with Gasteiger partial charge in [-0.25, -0.2) is 4.79 Å². The maximum absolute atomic E-state index is 12.6. The minimum absolute atomic E-state index is 0.0558. The van der Waals surface area contributed by atoms with Crippen LogP contribution in [-0.2, 0) is 6.42 Å². The molecule has 2 atom stereocenters. The molecule has 2 aliphatic rings. The molecule has 2 amide bonds. The molecule has 2 aromatic rings. The zero-order chi connectivity index (χ0) is 15.6. The minimum Gasteiger partial charge on any atom is -0.337 e. The summed E-state index contributed by atoms with van der Waals surface area (Å²) < 4.78 is 0. The van der Waals surface area contributed by atoms with E-state index in [0.29, 0.717) is 5.92 Å². The number of aromatic amines is 1. The average Bonchev–Trinajstić information content (AvgIpc) is 3.10. The van der Waals surface area contributed by atoms with Crippen LogP contribution in [0.3, 0.4) is 0 Å². The Morgan fingerprint density at radius 3 is 3.09 bits per heavy atom. The molecule has 120 valence electrons. The Morgan fingerprint density at radius 2 is 2.26 bits per heavy atom. The van der Waals surface area contributed by atoms with E-state index in [-0.39, 0.29) is 12.1 Å². The number of hydrogen-bond donors (Lipinski definition) is 2. The van der Waals surface area contributed by atoms with Gasteiger partial charge in [0.15, 0.2) is 0 Å². The topological polar surface area (TPSA) is 61.0 Å². The molecule has 0 radical (unpaired) electrons. The summed E-state index contributed by atoms with van der Waals surface area (Å²) in [7, 11) is 0. The van der Waals surface area contributed by atoms with Crippen LogP contribution in [0, 0.1) is 0 Å². The number of carbonyl (C=O) groups excluding carboxylic acids is 1. The van der Waals surface area contributed by atoms with E-state index in [2.05, 4.69) is 39.8 Å². The van der Waals surface area contributed by atoms with Gasteiger partial charge in [0, 0.05) is 30.8 Å². The van der Waals surface area contributed by atoms with E-state index in [1.54, 1.807) is 0 Å². The molecule has 2 heterocycles. The van der Waals surface area contributed by atoms with Crippen LogP contribution in [0.5, 0.6) is 0 Å². The van der Waals surface area contributed by atoms with Crippen LogP contribution in [0.4, 0.5) is 4.79 Å². The molecular formula is C18H22N4O. The number of carbonyl (C=O) groups is 1. The highest BCUT2D eigenvalue weighted by atomic mass is 16.2. The van der Waals surface area contributed by atoms with Crippen LogP contribution < -0.4 is 5.32 Å². The van der Waals surface area contributed by atoms with E-state index < -0.39 is 0 Å². The fourth-order valence-electron chi connectivity index (χ4n) is 3.82. The van der Waals surface area contributed by atoms with Crippen molar-refractivity contribution < 1.29 is 4.79 Å². The van der Waals surface area contributed by atoms with Crippen LogP contribution in [0.1, 0.15) is 47.9 Å². The second-order valence-electron chi connectivity index (χ2n) is 6.52. The molecule has 23 heavy (non-hydrogen) atoms. The number of urea groups is 1. The van der Waals surface area contributed by atoms with Gasteiger partial charge in [-0.1, -0.05) is 24.3 Å². The second kappa shape index (κ2) is 6.07. The molecule has 1 aromatic carbocycles. The zero-order valence-electron chi connectivity index (χ0n) is 13.2. The van der Waals surface area contributed by atoms with E-state index in [0.717, 1.165) is 44.3 Å². The van der Waals surface area contributed by atoms with Gasteiger partial charge in [-0.3, -0.25) is 5.10 Å². The molecule has 0 unspecified atom stereocenters. The predicted molar refractivity (Wildman–Crippen MR) is 88.2 cm³/mol. The lowest BCUT2D eigenvalue weighted by Gasteiger charge is -2.36. The number of amides is 2. The number of aromatic nitrogens is 2. The number of likely N-dealkylation sites (tertiary alicyclic amines) is 1. The highest BCUT2D eigenvalue weighted by molar-refractivity contribution is 5.75. The monoisotopic (exact) mass is 310 g/mol. The van der Waals surface area contributed by atoms with Gasteiger partial charge in [-0.15, -0.1) is 0 Å². The van der Waals surface area contributed by atoms with Crippen LogP contribution in [0.2, 0.25) is 0 Å². The van der Waals surface area contributed by atoms with Gasteiger partial charge in [0.2, 0.25) is 0 Å². The normalized spacial score (nSPS) is 23.0. The summed E-state index contributed by atoms with van der Waals surface area (Å²) in [6.07, 6.45) is 8.06. The van der Waals surface area contributed by atoms with Gasteiger partial charge in [-0.2, -0.15) is 5.10 Å². The van der Waals surface area contributed by atoms with Gasteiger partial charge < -0.3 is 10.2 Å². The first kappa shape index (κ1) is 14.3. The second-order valence-corrected chi connectivity index (χ2v) is 6.52. The van der Waals surface area contributed by atoms with Crippen LogP contribution in [0.15, 0.2) is 36.7 Å². The lowest BCUT2D eigenvalue weighted by Crippen LogP contribution is -2.46. The quantitative estimate of drug-likeness (QED) is 0.915. The van der Waals surface area contributed by atoms with E-state index in [4.69, 9.17) is 0 Å². The van der Waals surface area contributed by atoms with Crippen molar-refractivity contribution in [1.82, 2.24) is 20.4 Å². The lowest BCUT2D eigenvalue weighted by atomic mass is 9.78. The number of benzene rings is 1. The number of H-pyrrole nitrogens is 1. The van der Waals surface area contributed by atoms with Crippen molar-refractivity contribution in [3.05, 3.63) is 53.3 Å². The van der Waals surface area contributed by atoms with Gasteiger partial charge >= 0.3 is 6.03 Å². The molecule has 2 N–H and O–H groups in total. The first-order chi connectivity index (χ1) is 11.3. The molecule has 1 aliphatic carbocycles. The highest BCUT2D eigenvalue weighted by Gasteiger charge is 2.30. The van der Waals surface area contributed by atoms with Gasteiger partial charge in [-0.05, 0) is 36.8 Å². The van der Waals surface area contributed by atoms with Crippen LogP contribution in [-0.4, -0.2) is 34.2 Å². The number of hydrogen-bond acceptors (Lipinski definition) is 2. The Kier molecular flexibility index (Phi) is 3.77. The van der Waals surface area contributed by atoms with Crippen molar-refractivity contribution in [3.8, 4) is 0 Å². The molecule has 1 fully saturated rings. The Labute approximate surface area is 136 Å². The van der Waals surface area contributed by atoms with Crippen LogP contribution >= 0.6 is 0 Å². The van der Waals surface area contributed by atoms with Crippen molar-refractivity contribution in [1.29, 1.82) is 0 Å². The van der Waals surface area contributed by atoms with E-state index in [1.165, 1.54) is 11.1 Å². The number of nitrogens with one attached hydrogen (secondary N) is 2. The average molecular weight is 310 g/mol. The number of nitrogens with zero attached hydrogens (tertiary/aromatic N) is 2. The third kappa shape index (κ3) is 2.71. The third-order valence-corrected chi connectivity index (χ3v) is 5.13. The Balaban J connectivity index is 1.38. The molecule has 1 aliphatic heterocycles. The summed E-state index contributed by atoms with van der Waals surface area (Å²) in [4.78, 5) is 14.6. The maximum Gasteiger partial charge on any atom is 0.317 e. The molecule has 5 nitrogen and oxygen atoms in total. The van der Waals surface area contributed by atoms with Crippen molar-refractivity contribution in [2.24, 2.45) is 0 Å². The lowest BCUT2D eigenvalue weighted by molar-refractivity contribution is 0.151. The van der Waals surface area contributed by atoms with Crippen molar-refractivity contribution in [2.45, 2.75) is 37.6 Å². The first-order valence-corrected chi connectivity index (χ1v) is 8.44. The van der Waals surface area contributed by atoms with Gasteiger partial charge in [0.05, 0.1) is 12.2 Å². The Bertz CT molecular complexity index is 682. The number of piperidine rings is 1. The molecule has 0 saturated carbocycles. The van der Waals surface area contributed by atoms with Gasteiger partial charge in [0.1, 0.15) is 0 Å².